The van der Waals surface area contributed by atoms with Gasteiger partial charge >= 0.3 is 0 Å². The molecule has 2 rings (SSSR count). The maximum atomic E-state index is 10.3. The summed E-state index contributed by atoms with van der Waals surface area (Å²) < 4.78 is 0. The van der Waals surface area contributed by atoms with Gasteiger partial charge in [0.05, 0.1) is 6.10 Å². The molecule has 0 spiro atoms. The van der Waals surface area contributed by atoms with Crippen LogP contribution in [0.15, 0.2) is 54.6 Å². The van der Waals surface area contributed by atoms with Crippen molar-refractivity contribution in [3.63, 3.8) is 0 Å². The lowest BCUT2D eigenvalue weighted by Gasteiger charge is -2.22. The van der Waals surface area contributed by atoms with E-state index in [1.54, 1.807) is 0 Å². The molecule has 0 aliphatic rings. The van der Waals surface area contributed by atoms with E-state index in [0.717, 1.165) is 18.7 Å². The summed E-state index contributed by atoms with van der Waals surface area (Å²) in [4.78, 5) is 2.23. The van der Waals surface area contributed by atoms with Crippen molar-refractivity contribution in [2.45, 2.75) is 20.0 Å². The van der Waals surface area contributed by atoms with Gasteiger partial charge in [0.15, 0.2) is 0 Å². The summed E-state index contributed by atoms with van der Waals surface area (Å²) in [5.41, 5.74) is 3.37. The molecular weight excluding hydrogens is 326 g/mol. The van der Waals surface area contributed by atoms with Crippen LogP contribution in [0.1, 0.15) is 25.5 Å². The van der Waals surface area contributed by atoms with Crippen LogP contribution in [0.5, 0.6) is 0 Å². The van der Waals surface area contributed by atoms with Crippen LogP contribution in [0.3, 0.4) is 0 Å². The Bertz CT molecular complexity index is 509. The van der Waals surface area contributed by atoms with Crippen molar-refractivity contribution < 1.29 is 5.11 Å². The summed E-state index contributed by atoms with van der Waals surface area (Å²) in [6, 6.07) is 18.5. The molecule has 21 heavy (non-hydrogen) atoms. The number of halogens is 1. The number of rotatable bonds is 6. The van der Waals surface area contributed by atoms with Crippen LogP contribution in [-0.4, -0.2) is 29.6 Å². The molecule has 2 aromatic carbocycles. The zero-order valence-electron chi connectivity index (χ0n) is 12.7. The van der Waals surface area contributed by atoms with Crippen LogP contribution in [0.2, 0.25) is 0 Å². The van der Waals surface area contributed by atoms with E-state index in [1.807, 2.05) is 30.3 Å². The maximum Gasteiger partial charge on any atom is 0.0916 e. The highest BCUT2D eigenvalue weighted by molar-refractivity contribution is 8.93. The Morgan fingerprint density at radius 1 is 0.857 bits per heavy atom. The van der Waals surface area contributed by atoms with Crippen molar-refractivity contribution in [1.82, 2.24) is 4.90 Å². The van der Waals surface area contributed by atoms with E-state index in [-0.39, 0.29) is 17.0 Å². The number of nitrogens with zero attached hydrogens (tertiary/aromatic N) is 1. The number of benzene rings is 2. The van der Waals surface area contributed by atoms with Gasteiger partial charge in [-0.05, 0) is 29.8 Å². The number of aliphatic hydroxyl groups excluding tert-OH is 1. The molecule has 0 saturated carbocycles. The predicted molar refractivity (Wildman–Crippen MR) is 94.9 cm³/mol. The van der Waals surface area contributed by atoms with Crippen molar-refractivity contribution in [1.29, 1.82) is 0 Å². The van der Waals surface area contributed by atoms with Crippen LogP contribution in [0.25, 0.3) is 11.1 Å². The zero-order valence-corrected chi connectivity index (χ0v) is 14.4. The smallest absolute Gasteiger partial charge is 0.0916 e. The van der Waals surface area contributed by atoms with E-state index in [9.17, 15) is 5.11 Å². The van der Waals surface area contributed by atoms with Crippen molar-refractivity contribution in [2.24, 2.45) is 0 Å². The third-order valence-electron chi connectivity index (χ3n) is 3.73. The largest absolute Gasteiger partial charge is 0.387 e. The van der Waals surface area contributed by atoms with Crippen LogP contribution in [0.4, 0.5) is 0 Å². The molecule has 0 heterocycles. The van der Waals surface area contributed by atoms with Crippen molar-refractivity contribution in [3.8, 4) is 11.1 Å². The Morgan fingerprint density at radius 2 is 1.38 bits per heavy atom. The van der Waals surface area contributed by atoms with Gasteiger partial charge in [0.2, 0.25) is 0 Å². The fraction of sp³-hybridized carbons (Fsp3) is 0.333. The first-order chi connectivity index (χ1) is 9.74. The Labute approximate surface area is 138 Å². The van der Waals surface area contributed by atoms with Gasteiger partial charge in [0, 0.05) is 6.54 Å². The number of likely N-dealkylation sites (N-methyl/N-ethyl adjacent to an activating group) is 1. The Balaban J connectivity index is 0.00000220. The molecule has 0 amide bonds. The van der Waals surface area contributed by atoms with E-state index < -0.39 is 6.10 Å². The minimum Gasteiger partial charge on any atom is -0.387 e. The first-order valence-electron chi connectivity index (χ1n) is 7.30. The average Bonchev–Trinajstić information content (AvgIpc) is 2.53. The highest BCUT2D eigenvalue weighted by Gasteiger charge is 2.11. The first kappa shape index (κ1) is 17.9. The van der Waals surface area contributed by atoms with Crippen LogP contribution in [-0.2, 0) is 0 Å². The molecule has 1 atom stereocenters. The highest BCUT2D eigenvalue weighted by atomic mass is 79.9. The first-order valence-corrected chi connectivity index (χ1v) is 7.30. The Hall–Kier alpha value is -1.16. The molecule has 1 unspecified atom stereocenters. The lowest BCUT2D eigenvalue weighted by molar-refractivity contribution is 0.119. The number of aliphatic hydroxyl groups is 1. The summed E-state index contributed by atoms with van der Waals surface area (Å²) in [5.74, 6) is 0. The van der Waals surface area contributed by atoms with Crippen LogP contribution in [0, 0.1) is 0 Å². The van der Waals surface area contributed by atoms with Crippen molar-refractivity contribution in [2.75, 3.05) is 19.6 Å². The molecule has 1 N–H and O–H groups in total. The monoisotopic (exact) mass is 349 g/mol. The maximum absolute atomic E-state index is 10.3. The van der Waals surface area contributed by atoms with Gasteiger partial charge < -0.3 is 10.0 Å². The Kier molecular flexibility index (Phi) is 7.65. The molecule has 0 aliphatic heterocycles. The molecule has 0 aromatic heterocycles. The fourth-order valence-electron chi connectivity index (χ4n) is 2.36. The Morgan fingerprint density at radius 3 is 1.90 bits per heavy atom. The second-order valence-corrected chi connectivity index (χ2v) is 4.99. The van der Waals surface area contributed by atoms with Gasteiger partial charge in [-0.2, -0.15) is 0 Å². The SMILES string of the molecule is Br.CCN(CC)CC(O)c1ccc(-c2ccccc2)cc1. The van der Waals surface area contributed by atoms with Gasteiger partial charge in [0.1, 0.15) is 0 Å². The van der Waals surface area contributed by atoms with Crippen LogP contribution < -0.4 is 0 Å². The van der Waals surface area contributed by atoms with Gasteiger partial charge in [-0.15, -0.1) is 17.0 Å². The average molecular weight is 350 g/mol. The fourth-order valence-corrected chi connectivity index (χ4v) is 2.36. The molecule has 0 radical (unpaired) electrons. The summed E-state index contributed by atoms with van der Waals surface area (Å²) in [6.07, 6.45) is -0.417. The second kappa shape index (κ2) is 8.98. The van der Waals surface area contributed by atoms with E-state index in [0.29, 0.717) is 6.54 Å². The molecular formula is C18H24BrNO. The lowest BCUT2D eigenvalue weighted by atomic mass is 10.0. The topological polar surface area (TPSA) is 23.5 Å². The van der Waals surface area contributed by atoms with Gasteiger partial charge in [0.25, 0.3) is 0 Å². The minimum absolute atomic E-state index is 0. The summed E-state index contributed by atoms with van der Waals surface area (Å²) in [7, 11) is 0. The van der Waals surface area contributed by atoms with Gasteiger partial charge in [-0.25, -0.2) is 0 Å². The molecule has 0 aliphatic carbocycles. The van der Waals surface area contributed by atoms with E-state index >= 15 is 0 Å². The third kappa shape index (κ3) is 4.95. The molecule has 114 valence electrons. The molecule has 0 saturated heterocycles. The van der Waals surface area contributed by atoms with Crippen molar-refractivity contribution >= 4 is 17.0 Å². The van der Waals surface area contributed by atoms with Gasteiger partial charge in [-0.3, -0.25) is 0 Å². The lowest BCUT2D eigenvalue weighted by Crippen LogP contribution is -2.28. The summed E-state index contributed by atoms with van der Waals surface area (Å²) >= 11 is 0. The molecule has 2 nitrogen and oxygen atoms in total. The summed E-state index contributed by atoms with van der Waals surface area (Å²) in [5, 5.41) is 10.3. The van der Waals surface area contributed by atoms with Crippen molar-refractivity contribution in [3.05, 3.63) is 60.2 Å². The van der Waals surface area contributed by atoms with Gasteiger partial charge in [-0.1, -0.05) is 68.4 Å². The quantitative estimate of drug-likeness (QED) is 0.839. The molecule has 3 heteroatoms. The van der Waals surface area contributed by atoms with E-state index in [4.69, 9.17) is 0 Å². The standard InChI is InChI=1S/C18H23NO.BrH/c1-3-19(4-2)14-18(20)17-12-10-16(11-13-17)15-8-6-5-7-9-15;/h5-13,18,20H,3-4,14H2,1-2H3;1H. The molecule has 0 bridgehead atoms. The molecule has 2 aromatic rings. The summed E-state index contributed by atoms with van der Waals surface area (Å²) in [6.45, 7) is 6.87. The van der Waals surface area contributed by atoms with E-state index in [2.05, 4.69) is 43.0 Å². The third-order valence-corrected chi connectivity index (χ3v) is 3.73. The highest BCUT2D eigenvalue weighted by Crippen LogP contribution is 2.22. The second-order valence-electron chi connectivity index (χ2n) is 4.99. The predicted octanol–water partition coefficient (Wildman–Crippen LogP) is 4.31. The number of hydrogen-bond acceptors (Lipinski definition) is 2. The van der Waals surface area contributed by atoms with Crippen LogP contribution >= 0.6 is 17.0 Å². The normalized spacial score (nSPS) is 12.0. The number of hydrogen-bond donors (Lipinski definition) is 1. The van der Waals surface area contributed by atoms with E-state index in [1.165, 1.54) is 11.1 Å². The zero-order chi connectivity index (χ0) is 14.4. The minimum atomic E-state index is -0.417. The molecule has 0 fully saturated rings.